The smallest absolute Gasteiger partial charge is 0.207 e. The summed E-state index contributed by atoms with van der Waals surface area (Å²) in [7, 11) is -3.71. The molecule has 1 aromatic rings. The van der Waals surface area contributed by atoms with Gasteiger partial charge in [0.2, 0.25) is 10.0 Å². The van der Waals surface area contributed by atoms with E-state index in [-0.39, 0.29) is 21.0 Å². The zero-order valence-electron chi connectivity index (χ0n) is 9.71. The van der Waals surface area contributed by atoms with Gasteiger partial charge in [-0.3, -0.25) is 0 Å². The van der Waals surface area contributed by atoms with Crippen molar-refractivity contribution in [1.29, 1.82) is 0 Å². The Hall–Kier alpha value is 0.540. The highest BCUT2D eigenvalue weighted by Gasteiger charge is 2.23. The molecule has 1 atom stereocenters. The molecule has 18 heavy (non-hydrogen) atoms. The number of thioether (sulfide) groups is 1. The second-order valence-corrected chi connectivity index (χ2v) is 7.97. The van der Waals surface area contributed by atoms with Crippen LogP contribution in [0.25, 0.3) is 0 Å². The first-order chi connectivity index (χ1) is 8.27. The van der Waals surface area contributed by atoms with Crippen molar-refractivity contribution in [2.45, 2.75) is 17.9 Å². The van der Waals surface area contributed by atoms with E-state index in [1.54, 1.807) is 18.7 Å². The summed E-state index contributed by atoms with van der Waals surface area (Å²) in [4.78, 5) is -0.0815. The number of rotatable bonds is 5. The molecule has 3 nitrogen and oxygen atoms in total. The Morgan fingerprint density at radius 2 is 1.89 bits per heavy atom. The standard InChI is InChI=1S/C10H12BrCl2NO2S2/c1-6(5-17-2)14-18(15,16)10-8(12)3-7(11)4-9(10)13/h3-4,6,14H,5H2,1-2H3. The molecule has 0 saturated heterocycles. The molecule has 1 unspecified atom stereocenters. The van der Waals surface area contributed by atoms with E-state index in [0.29, 0.717) is 10.2 Å². The minimum atomic E-state index is -3.71. The molecule has 0 heterocycles. The molecule has 0 bridgehead atoms. The SMILES string of the molecule is CSCC(C)NS(=O)(=O)c1c(Cl)cc(Br)cc1Cl. The Morgan fingerprint density at radius 3 is 2.33 bits per heavy atom. The lowest BCUT2D eigenvalue weighted by atomic mass is 10.4. The van der Waals surface area contributed by atoms with Gasteiger partial charge >= 0.3 is 0 Å². The third-order valence-electron chi connectivity index (χ3n) is 2.00. The summed E-state index contributed by atoms with van der Waals surface area (Å²) in [5, 5.41) is 0.191. The maximum atomic E-state index is 12.2. The molecule has 0 radical (unpaired) electrons. The van der Waals surface area contributed by atoms with Crippen LogP contribution in [0.1, 0.15) is 6.92 Å². The van der Waals surface area contributed by atoms with Crippen LogP contribution in [0.4, 0.5) is 0 Å². The molecular weight excluding hydrogens is 381 g/mol. The average molecular weight is 393 g/mol. The molecule has 0 amide bonds. The Bertz CT molecular complexity index is 514. The predicted molar refractivity (Wildman–Crippen MR) is 82.3 cm³/mol. The Balaban J connectivity index is 3.13. The highest BCUT2D eigenvalue weighted by Crippen LogP contribution is 2.32. The van der Waals surface area contributed by atoms with Gasteiger partial charge in [0.1, 0.15) is 4.90 Å². The fraction of sp³-hybridized carbons (Fsp3) is 0.400. The van der Waals surface area contributed by atoms with Crippen LogP contribution in [-0.2, 0) is 10.0 Å². The third-order valence-corrected chi connectivity index (χ3v) is 5.81. The normalized spacial score (nSPS) is 13.6. The second-order valence-electron chi connectivity index (χ2n) is 3.68. The summed E-state index contributed by atoms with van der Waals surface area (Å²) in [6.45, 7) is 1.79. The van der Waals surface area contributed by atoms with Crippen LogP contribution in [0, 0.1) is 0 Å². The topological polar surface area (TPSA) is 46.2 Å². The number of hydrogen-bond donors (Lipinski definition) is 1. The van der Waals surface area contributed by atoms with Crippen molar-refractivity contribution in [3.8, 4) is 0 Å². The second kappa shape index (κ2) is 6.81. The molecule has 8 heteroatoms. The van der Waals surface area contributed by atoms with Gasteiger partial charge in [0.15, 0.2) is 0 Å². The fourth-order valence-corrected chi connectivity index (χ4v) is 5.26. The van der Waals surface area contributed by atoms with Gasteiger partial charge in [0.05, 0.1) is 10.0 Å². The van der Waals surface area contributed by atoms with Crippen LogP contribution >= 0.6 is 50.9 Å². The Kier molecular flexibility index (Phi) is 6.28. The summed E-state index contributed by atoms with van der Waals surface area (Å²) in [5.74, 6) is 0.672. The number of sulfonamides is 1. The lowest BCUT2D eigenvalue weighted by molar-refractivity contribution is 0.571. The van der Waals surface area contributed by atoms with Crippen LogP contribution in [0.3, 0.4) is 0 Å². The fourth-order valence-electron chi connectivity index (χ4n) is 1.39. The quantitative estimate of drug-likeness (QED) is 0.829. The average Bonchev–Trinajstić information content (AvgIpc) is 2.13. The van der Waals surface area contributed by atoms with Gasteiger partial charge in [0.25, 0.3) is 0 Å². The molecule has 1 aromatic carbocycles. The van der Waals surface area contributed by atoms with Crippen molar-refractivity contribution >= 4 is 60.9 Å². The molecule has 102 valence electrons. The maximum absolute atomic E-state index is 12.2. The van der Waals surface area contributed by atoms with Gasteiger partial charge < -0.3 is 0 Å². The molecular formula is C10H12BrCl2NO2S2. The van der Waals surface area contributed by atoms with Gasteiger partial charge in [0, 0.05) is 16.3 Å². The highest BCUT2D eigenvalue weighted by atomic mass is 79.9. The summed E-state index contributed by atoms with van der Waals surface area (Å²) in [6, 6.07) is 2.81. The molecule has 0 fully saturated rings. The van der Waals surface area contributed by atoms with E-state index < -0.39 is 10.0 Å². The van der Waals surface area contributed by atoms with Crippen molar-refractivity contribution in [2.24, 2.45) is 0 Å². The van der Waals surface area contributed by atoms with Crippen molar-refractivity contribution in [1.82, 2.24) is 4.72 Å². The van der Waals surface area contributed by atoms with Crippen molar-refractivity contribution in [2.75, 3.05) is 12.0 Å². The van der Waals surface area contributed by atoms with Gasteiger partial charge in [-0.25, -0.2) is 13.1 Å². The summed E-state index contributed by atoms with van der Waals surface area (Å²) in [6.07, 6.45) is 1.91. The first-order valence-electron chi connectivity index (χ1n) is 4.93. The van der Waals surface area contributed by atoms with E-state index in [2.05, 4.69) is 20.7 Å². The van der Waals surface area contributed by atoms with Gasteiger partial charge in [-0.1, -0.05) is 39.1 Å². The zero-order valence-corrected chi connectivity index (χ0v) is 14.4. The molecule has 0 aliphatic heterocycles. The number of benzene rings is 1. The molecule has 1 rings (SSSR count). The Labute approximate surface area is 130 Å². The largest absolute Gasteiger partial charge is 0.243 e. The van der Waals surface area contributed by atoms with Crippen molar-refractivity contribution in [3.63, 3.8) is 0 Å². The van der Waals surface area contributed by atoms with Crippen LogP contribution in [-0.4, -0.2) is 26.5 Å². The first-order valence-corrected chi connectivity index (χ1v) is 9.36. The predicted octanol–water partition coefficient (Wildman–Crippen LogP) is 3.79. The van der Waals surface area contributed by atoms with Gasteiger partial charge in [-0.15, -0.1) is 0 Å². The molecule has 0 aliphatic carbocycles. The van der Waals surface area contributed by atoms with Crippen molar-refractivity contribution < 1.29 is 8.42 Å². The van der Waals surface area contributed by atoms with Crippen LogP contribution in [0.2, 0.25) is 10.0 Å². The monoisotopic (exact) mass is 391 g/mol. The van der Waals surface area contributed by atoms with Crippen LogP contribution < -0.4 is 4.72 Å². The molecule has 0 aliphatic rings. The molecule has 0 saturated carbocycles. The molecule has 0 aromatic heterocycles. The van der Waals surface area contributed by atoms with Gasteiger partial charge in [-0.2, -0.15) is 11.8 Å². The summed E-state index contributed by atoms with van der Waals surface area (Å²) >= 11 is 16.6. The van der Waals surface area contributed by atoms with E-state index in [1.807, 2.05) is 6.26 Å². The van der Waals surface area contributed by atoms with Crippen LogP contribution in [0.5, 0.6) is 0 Å². The molecule has 0 spiro atoms. The number of halogens is 3. The van der Waals surface area contributed by atoms with Crippen molar-refractivity contribution in [3.05, 3.63) is 26.7 Å². The minimum Gasteiger partial charge on any atom is -0.207 e. The molecule has 1 N–H and O–H groups in total. The number of nitrogens with one attached hydrogen (secondary N) is 1. The van der Waals surface area contributed by atoms with Crippen LogP contribution in [0.15, 0.2) is 21.5 Å². The van der Waals surface area contributed by atoms with E-state index in [4.69, 9.17) is 23.2 Å². The third kappa shape index (κ3) is 4.28. The van der Waals surface area contributed by atoms with E-state index in [1.165, 1.54) is 12.1 Å². The first kappa shape index (κ1) is 16.6. The Morgan fingerprint density at radius 1 is 1.39 bits per heavy atom. The van der Waals surface area contributed by atoms with Gasteiger partial charge in [-0.05, 0) is 25.3 Å². The zero-order chi connectivity index (χ0) is 13.9. The highest BCUT2D eigenvalue weighted by molar-refractivity contribution is 9.10. The maximum Gasteiger partial charge on any atom is 0.243 e. The summed E-state index contributed by atoms with van der Waals surface area (Å²) < 4.78 is 27.5. The summed E-state index contributed by atoms with van der Waals surface area (Å²) in [5.41, 5.74) is 0. The number of hydrogen-bond acceptors (Lipinski definition) is 3. The van der Waals surface area contributed by atoms with E-state index >= 15 is 0 Å². The minimum absolute atomic E-state index is 0.0815. The lowest BCUT2D eigenvalue weighted by Gasteiger charge is -2.15. The lowest BCUT2D eigenvalue weighted by Crippen LogP contribution is -2.34. The van der Waals surface area contributed by atoms with E-state index in [0.717, 1.165) is 0 Å². The van der Waals surface area contributed by atoms with E-state index in [9.17, 15) is 8.42 Å².